The van der Waals surface area contributed by atoms with E-state index in [9.17, 15) is 4.79 Å². The highest BCUT2D eigenvalue weighted by molar-refractivity contribution is 5.96. The molecule has 0 bridgehead atoms. The molecular formula is C12H17NO. The van der Waals surface area contributed by atoms with Gasteiger partial charge in [0, 0.05) is 12.1 Å². The van der Waals surface area contributed by atoms with Gasteiger partial charge in [-0.2, -0.15) is 0 Å². The normalized spacial score (nSPS) is 26.6. The average molecular weight is 191 g/mol. The van der Waals surface area contributed by atoms with E-state index >= 15 is 0 Å². The molecule has 1 aromatic rings. The lowest BCUT2D eigenvalue weighted by molar-refractivity contribution is 0.0915. The van der Waals surface area contributed by atoms with Crippen molar-refractivity contribution in [1.82, 2.24) is 4.98 Å². The van der Waals surface area contributed by atoms with Gasteiger partial charge >= 0.3 is 0 Å². The predicted molar refractivity (Wildman–Crippen MR) is 56.2 cm³/mol. The summed E-state index contributed by atoms with van der Waals surface area (Å²) in [6.45, 7) is 2.21. The van der Waals surface area contributed by atoms with Crippen molar-refractivity contribution in [3.8, 4) is 0 Å². The highest BCUT2D eigenvalue weighted by Crippen LogP contribution is 2.34. The Bertz CT molecular complexity index is 302. The Morgan fingerprint density at radius 2 is 2.43 bits per heavy atom. The number of H-pyrrole nitrogens is 1. The third kappa shape index (κ3) is 1.74. The fourth-order valence-corrected chi connectivity index (χ4v) is 2.39. The lowest BCUT2D eigenvalue weighted by Crippen LogP contribution is -2.11. The molecule has 1 aliphatic rings. The predicted octanol–water partition coefficient (Wildman–Crippen LogP) is 3.02. The molecule has 1 aromatic heterocycles. The van der Waals surface area contributed by atoms with Crippen LogP contribution in [-0.4, -0.2) is 10.8 Å². The highest BCUT2D eigenvalue weighted by atomic mass is 16.1. The zero-order valence-electron chi connectivity index (χ0n) is 8.62. The summed E-state index contributed by atoms with van der Waals surface area (Å²) in [5, 5.41) is 0. The summed E-state index contributed by atoms with van der Waals surface area (Å²) in [5.41, 5.74) is 0.784. The van der Waals surface area contributed by atoms with E-state index in [-0.39, 0.29) is 5.92 Å². The Hall–Kier alpha value is -1.05. The maximum absolute atomic E-state index is 11.9. The summed E-state index contributed by atoms with van der Waals surface area (Å²) < 4.78 is 0. The monoisotopic (exact) mass is 191 g/mol. The smallest absolute Gasteiger partial charge is 0.182 e. The number of nitrogens with one attached hydrogen (secondary N) is 1. The first-order chi connectivity index (χ1) is 6.81. The number of aromatic amines is 1. The molecule has 1 aliphatic carbocycles. The van der Waals surface area contributed by atoms with Gasteiger partial charge < -0.3 is 4.98 Å². The highest BCUT2D eigenvalue weighted by Gasteiger charge is 2.29. The quantitative estimate of drug-likeness (QED) is 0.732. The van der Waals surface area contributed by atoms with E-state index in [2.05, 4.69) is 11.9 Å². The lowest BCUT2D eigenvalue weighted by atomic mass is 9.97. The van der Waals surface area contributed by atoms with Crippen LogP contribution in [0.25, 0.3) is 0 Å². The van der Waals surface area contributed by atoms with Crippen LogP contribution in [0.15, 0.2) is 18.3 Å². The summed E-state index contributed by atoms with van der Waals surface area (Å²) in [7, 11) is 0. The number of rotatable bonds is 3. The number of hydrogen-bond acceptors (Lipinski definition) is 1. The first kappa shape index (κ1) is 9.50. The average Bonchev–Trinajstić information content (AvgIpc) is 2.88. The van der Waals surface area contributed by atoms with Gasteiger partial charge in [0.25, 0.3) is 0 Å². The molecule has 0 amide bonds. The molecule has 1 fully saturated rings. The van der Waals surface area contributed by atoms with Crippen molar-refractivity contribution in [3.63, 3.8) is 0 Å². The Morgan fingerprint density at radius 3 is 3.00 bits per heavy atom. The van der Waals surface area contributed by atoms with E-state index in [1.54, 1.807) is 0 Å². The van der Waals surface area contributed by atoms with Crippen molar-refractivity contribution in [1.29, 1.82) is 0 Å². The maximum atomic E-state index is 11.9. The second-order valence-corrected chi connectivity index (χ2v) is 4.23. The van der Waals surface area contributed by atoms with E-state index in [0.29, 0.717) is 5.78 Å². The number of hydrogen-bond donors (Lipinski definition) is 1. The number of aromatic nitrogens is 1. The molecule has 2 rings (SSSR count). The number of ketones is 1. The summed E-state index contributed by atoms with van der Waals surface area (Å²) in [5.74, 6) is 1.36. The van der Waals surface area contributed by atoms with Crippen LogP contribution in [-0.2, 0) is 0 Å². The molecule has 2 atom stereocenters. The Balaban J connectivity index is 2.00. The van der Waals surface area contributed by atoms with E-state index in [0.717, 1.165) is 24.5 Å². The van der Waals surface area contributed by atoms with Gasteiger partial charge in [0.1, 0.15) is 0 Å². The summed E-state index contributed by atoms with van der Waals surface area (Å²) in [6, 6.07) is 3.76. The second-order valence-electron chi connectivity index (χ2n) is 4.23. The van der Waals surface area contributed by atoms with Crippen LogP contribution in [0.2, 0.25) is 0 Å². The third-order valence-corrected chi connectivity index (χ3v) is 3.35. The van der Waals surface area contributed by atoms with E-state index in [1.165, 1.54) is 12.8 Å². The first-order valence-corrected chi connectivity index (χ1v) is 5.49. The van der Waals surface area contributed by atoms with Crippen LogP contribution in [0.5, 0.6) is 0 Å². The van der Waals surface area contributed by atoms with Crippen LogP contribution in [0.1, 0.15) is 43.1 Å². The minimum absolute atomic E-state index is 0.276. The molecule has 0 spiro atoms. The zero-order chi connectivity index (χ0) is 9.97. The van der Waals surface area contributed by atoms with Crippen molar-refractivity contribution in [2.24, 2.45) is 11.8 Å². The van der Waals surface area contributed by atoms with Crippen molar-refractivity contribution in [2.45, 2.75) is 32.6 Å². The van der Waals surface area contributed by atoms with Gasteiger partial charge in [-0.1, -0.05) is 13.3 Å². The lowest BCUT2D eigenvalue weighted by Gasteiger charge is -2.07. The third-order valence-electron chi connectivity index (χ3n) is 3.35. The minimum atomic E-state index is 0.276. The van der Waals surface area contributed by atoms with Crippen molar-refractivity contribution in [3.05, 3.63) is 24.0 Å². The molecule has 2 unspecified atom stereocenters. The van der Waals surface area contributed by atoms with Gasteiger partial charge in [0.15, 0.2) is 5.78 Å². The fraction of sp³-hybridized carbons (Fsp3) is 0.583. The van der Waals surface area contributed by atoms with E-state index < -0.39 is 0 Å². The Morgan fingerprint density at radius 1 is 1.57 bits per heavy atom. The second kappa shape index (κ2) is 3.99. The van der Waals surface area contributed by atoms with E-state index in [1.807, 2.05) is 18.3 Å². The summed E-state index contributed by atoms with van der Waals surface area (Å²) in [6.07, 6.45) is 6.44. The fourth-order valence-electron chi connectivity index (χ4n) is 2.39. The SMILES string of the molecule is CCC1CCC(C(=O)c2ccc[nH]2)C1. The van der Waals surface area contributed by atoms with Crippen LogP contribution in [0.4, 0.5) is 0 Å². The van der Waals surface area contributed by atoms with Crippen LogP contribution in [0.3, 0.4) is 0 Å². The summed E-state index contributed by atoms with van der Waals surface area (Å²) in [4.78, 5) is 14.9. The maximum Gasteiger partial charge on any atom is 0.182 e. The molecule has 76 valence electrons. The standard InChI is InChI=1S/C12H17NO/c1-2-9-5-6-10(8-9)12(14)11-4-3-7-13-11/h3-4,7,9-10,13H,2,5-6,8H2,1H3. The van der Waals surface area contributed by atoms with Crippen molar-refractivity contribution < 1.29 is 4.79 Å². The molecule has 2 nitrogen and oxygen atoms in total. The van der Waals surface area contributed by atoms with Gasteiger partial charge in [-0.25, -0.2) is 0 Å². The molecule has 14 heavy (non-hydrogen) atoms. The van der Waals surface area contributed by atoms with E-state index in [4.69, 9.17) is 0 Å². The van der Waals surface area contributed by atoms with Crippen LogP contribution < -0.4 is 0 Å². The van der Waals surface area contributed by atoms with Crippen molar-refractivity contribution >= 4 is 5.78 Å². The molecule has 0 radical (unpaired) electrons. The van der Waals surface area contributed by atoms with Gasteiger partial charge in [-0.05, 0) is 37.3 Å². The van der Waals surface area contributed by atoms with Gasteiger partial charge in [0.05, 0.1) is 5.69 Å². The molecule has 2 heteroatoms. The van der Waals surface area contributed by atoms with Gasteiger partial charge in [-0.3, -0.25) is 4.79 Å². The van der Waals surface area contributed by atoms with Crippen LogP contribution in [0, 0.1) is 11.8 Å². The molecular weight excluding hydrogens is 174 g/mol. The molecule has 0 aromatic carbocycles. The van der Waals surface area contributed by atoms with Gasteiger partial charge in [0.2, 0.25) is 0 Å². The first-order valence-electron chi connectivity index (χ1n) is 5.49. The topological polar surface area (TPSA) is 32.9 Å². The minimum Gasteiger partial charge on any atom is -0.359 e. The molecule has 0 saturated heterocycles. The van der Waals surface area contributed by atoms with Crippen molar-refractivity contribution in [2.75, 3.05) is 0 Å². The Labute approximate surface area is 84.7 Å². The van der Waals surface area contributed by atoms with Gasteiger partial charge in [-0.15, -0.1) is 0 Å². The molecule has 1 saturated carbocycles. The largest absolute Gasteiger partial charge is 0.359 e. The number of carbonyl (C=O) groups is 1. The molecule has 0 aliphatic heterocycles. The molecule has 1 N–H and O–H groups in total. The number of carbonyl (C=O) groups excluding carboxylic acids is 1. The Kier molecular flexibility index (Phi) is 2.71. The molecule has 1 heterocycles. The zero-order valence-corrected chi connectivity index (χ0v) is 8.62. The summed E-state index contributed by atoms with van der Waals surface area (Å²) >= 11 is 0. The number of Topliss-reactive ketones (excluding diaryl/α,β-unsaturated/α-hetero) is 1. The van der Waals surface area contributed by atoms with Crippen LogP contribution >= 0.6 is 0 Å².